The van der Waals surface area contributed by atoms with E-state index in [0.717, 1.165) is 11.8 Å². The number of amides is 1. The number of rotatable bonds is 6. The molecular weight excluding hydrogens is 342 g/mol. The van der Waals surface area contributed by atoms with Gasteiger partial charge in [-0.25, -0.2) is 0 Å². The standard InChI is InChI=1S/C17H15N3O4S/c1-10(21)12-6-3-4-7-13(12)18-15(22)11(2)25-17-20-19-16(24-17)14-8-5-9-23-14/h3-9,11H,1-2H3,(H,18,22). The van der Waals surface area contributed by atoms with Gasteiger partial charge in [-0.2, -0.15) is 0 Å². The molecule has 25 heavy (non-hydrogen) atoms. The van der Waals surface area contributed by atoms with Gasteiger partial charge in [0.2, 0.25) is 5.91 Å². The summed E-state index contributed by atoms with van der Waals surface area (Å²) in [5.41, 5.74) is 0.945. The molecule has 128 valence electrons. The van der Waals surface area contributed by atoms with Crippen LogP contribution in [-0.4, -0.2) is 27.1 Å². The van der Waals surface area contributed by atoms with Crippen molar-refractivity contribution in [3.63, 3.8) is 0 Å². The molecule has 0 saturated carbocycles. The molecule has 2 heterocycles. The highest BCUT2D eigenvalue weighted by molar-refractivity contribution is 8.00. The summed E-state index contributed by atoms with van der Waals surface area (Å²) in [7, 11) is 0. The third-order valence-electron chi connectivity index (χ3n) is 3.35. The summed E-state index contributed by atoms with van der Waals surface area (Å²) >= 11 is 1.12. The lowest BCUT2D eigenvalue weighted by Gasteiger charge is -2.12. The first-order chi connectivity index (χ1) is 12.0. The number of benzene rings is 1. The van der Waals surface area contributed by atoms with Crippen molar-refractivity contribution >= 4 is 29.1 Å². The van der Waals surface area contributed by atoms with Gasteiger partial charge >= 0.3 is 0 Å². The molecular formula is C17H15N3O4S. The van der Waals surface area contributed by atoms with E-state index < -0.39 is 5.25 Å². The Kier molecular flexibility index (Phi) is 4.99. The number of ketones is 1. The number of thioether (sulfide) groups is 1. The molecule has 0 bridgehead atoms. The highest BCUT2D eigenvalue weighted by atomic mass is 32.2. The number of furan rings is 1. The van der Waals surface area contributed by atoms with Crippen LogP contribution in [0.2, 0.25) is 0 Å². The summed E-state index contributed by atoms with van der Waals surface area (Å²) in [5.74, 6) is 0.335. The third-order valence-corrected chi connectivity index (χ3v) is 4.28. The molecule has 0 fully saturated rings. The van der Waals surface area contributed by atoms with Crippen LogP contribution in [0.25, 0.3) is 11.7 Å². The molecule has 0 aliphatic heterocycles. The quantitative estimate of drug-likeness (QED) is 0.531. The van der Waals surface area contributed by atoms with Crippen molar-refractivity contribution in [2.75, 3.05) is 5.32 Å². The molecule has 1 amide bonds. The molecule has 3 rings (SSSR count). The van der Waals surface area contributed by atoms with E-state index in [1.165, 1.54) is 13.2 Å². The Labute approximate surface area is 147 Å². The third kappa shape index (κ3) is 3.97. The Bertz CT molecular complexity index is 889. The smallest absolute Gasteiger partial charge is 0.284 e. The Morgan fingerprint density at radius 2 is 1.96 bits per heavy atom. The molecule has 0 aliphatic rings. The number of nitrogens with zero attached hydrogens (tertiary/aromatic N) is 2. The number of Topliss-reactive ketones (excluding diaryl/α,β-unsaturated/α-hetero) is 1. The van der Waals surface area contributed by atoms with Gasteiger partial charge < -0.3 is 14.2 Å². The maximum atomic E-state index is 12.4. The molecule has 0 radical (unpaired) electrons. The molecule has 1 atom stereocenters. The molecule has 2 aromatic heterocycles. The van der Waals surface area contributed by atoms with Crippen LogP contribution < -0.4 is 5.32 Å². The van der Waals surface area contributed by atoms with Gasteiger partial charge in [-0.3, -0.25) is 9.59 Å². The number of aromatic nitrogens is 2. The van der Waals surface area contributed by atoms with E-state index in [4.69, 9.17) is 8.83 Å². The first-order valence-electron chi connectivity index (χ1n) is 7.49. The van der Waals surface area contributed by atoms with Gasteiger partial charge in [0, 0.05) is 5.56 Å². The summed E-state index contributed by atoms with van der Waals surface area (Å²) in [6.45, 7) is 3.17. The van der Waals surface area contributed by atoms with E-state index in [9.17, 15) is 9.59 Å². The van der Waals surface area contributed by atoms with Gasteiger partial charge in [0.05, 0.1) is 17.2 Å². The number of nitrogens with one attached hydrogen (secondary N) is 1. The molecule has 0 aliphatic carbocycles. The van der Waals surface area contributed by atoms with Crippen molar-refractivity contribution in [1.82, 2.24) is 10.2 Å². The Morgan fingerprint density at radius 3 is 2.68 bits per heavy atom. The van der Waals surface area contributed by atoms with E-state index in [1.54, 1.807) is 43.3 Å². The highest BCUT2D eigenvalue weighted by Crippen LogP contribution is 2.27. The first-order valence-corrected chi connectivity index (χ1v) is 8.37. The van der Waals surface area contributed by atoms with Crippen LogP contribution in [0.3, 0.4) is 0 Å². The van der Waals surface area contributed by atoms with Crippen LogP contribution in [0.1, 0.15) is 24.2 Å². The SMILES string of the molecule is CC(=O)c1ccccc1NC(=O)C(C)Sc1nnc(-c2ccco2)o1. The monoisotopic (exact) mass is 357 g/mol. The van der Waals surface area contributed by atoms with Gasteiger partial charge in [0.15, 0.2) is 11.5 Å². The fourth-order valence-corrected chi connectivity index (χ4v) is 2.78. The lowest BCUT2D eigenvalue weighted by molar-refractivity contribution is -0.115. The second kappa shape index (κ2) is 7.35. The minimum Gasteiger partial charge on any atom is -0.459 e. The number of hydrogen-bond donors (Lipinski definition) is 1. The fraction of sp³-hybridized carbons (Fsp3) is 0.176. The average Bonchev–Trinajstić information content (AvgIpc) is 3.26. The van der Waals surface area contributed by atoms with Crippen LogP contribution in [0.4, 0.5) is 5.69 Å². The number of anilines is 1. The van der Waals surface area contributed by atoms with E-state index in [-0.39, 0.29) is 22.8 Å². The molecule has 1 unspecified atom stereocenters. The van der Waals surface area contributed by atoms with Crippen LogP contribution in [0, 0.1) is 0 Å². The highest BCUT2D eigenvalue weighted by Gasteiger charge is 2.20. The number of hydrogen-bond acceptors (Lipinski definition) is 7. The van der Waals surface area contributed by atoms with Gasteiger partial charge in [-0.15, -0.1) is 10.2 Å². The second-order valence-electron chi connectivity index (χ2n) is 5.20. The van der Waals surface area contributed by atoms with Gasteiger partial charge in [0.1, 0.15) is 0 Å². The average molecular weight is 357 g/mol. The largest absolute Gasteiger partial charge is 0.459 e. The summed E-state index contributed by atoms with van der Waals surface area (Å²) in [6.07, 6.45) is 1.51. The second-order valence-corrected chi connectivity index (χ2v) is 6.49. The predicted molar refractivity (Wildman–Crippen MR) is 92.4 cm³/mol. The summed E-state index contributed by atoms with van der Waals surface area (Å²) < 4.78 is 10.7. The lowest BCUT2D eigenvalue weighted by Crippen LogP contribution is -2.23. The number of carbonyl (C=O) groups excluding carboxylic acids is 2. The molecule has 0 spiro atoms. The minimum atomic E-state index is -0.495. The number of para-hydroxylation sites is 1. The summed E-state index contributed by atoms with van der Waals surface area (Å²) in [5, 5.41) is 10.3. The normalized spacial score (nSPS) is 11.9. The minimum absolute atomic E-state index is 0.115. The van der Waals surface area contributed by atoms with E-state index >= 15 is 0 Å². The molecule has 1 aromatic carbocycles. The van der Waals surface area contributed by atoms with Crippen LogP contribution in [0.15, 0.2) is 56.7 Å². The summed E-state index contributed by atoms with van der Waals surface area (Å²) in [4.78, 5) is 24.0. The molecule has 8 heteroatoms. The van der Waals surface area contributed by atoms with E-state index in [2.05, 4.69) is 15.5 Å². The Hall–Kier alpha value is -2.87. The van der Waals surface area contributed by atoms with Crippen LogP contribution in [0.5, 0.6) is 0 Å². The van der Waals surface area contributed by atoms with E-state index in [0.29, 0.717) is 17.0 Å². The lowest BCUT2D eigenvalue weighted by atomic mass is 10.1. The Balaban J connectivity index is 1.66. The topological polar surface area (TPSA) is 98.2 Å². The van der Waals surface area contributed by atoms with Crippen molar-refractivity contribution in [3.05, 3.63) is 48.2 Å². The predicted octanol–water partition coefficient (Wildman–Crippen LogP) is 3.65. The summed E-state index contributed by atoms with van der Waals surface area (Å²) in [6, 6.07) is 10.3. The van der Waals surface area contributed by atoms with Gasteiger partial charge in [-0.1, -0.05) is 23.9 Å². The van der Waals surface area contributed by atoms with Crippen molar-refractivity contribution in [2.24, 2.45) is 0 Å². The first kappa shape index (κ1) is 17.0. The van der Waals surface area contributed by atoms with E-state index in [1.807, 2.05) is 0 Å². The molecule has 7 nitrogen and oxygen atoms in total. The zero-order chi connectivity index (χ0) is 17.8. The molecule has 0 saturated heterocycles. The van der Waals surface area contributed by atoms with Crippen LogP contribution >= 0.6 is 11.8 Å². The van der Waals surface area contributed by atoms with Crippen molar-refractivity contribution in [3.8, 4) is 11.7 Å². The Morgan fingerprint density at radius 1 is 1.16 bits per heavy atom. The number of carbonyl (C=O) groups is 2. The van der Waals surface area contributed by atoms with Crippen molar-refractivity contribution < 1.29 is 18.4 Å². The van der Waals surface area contributed by atoms with Crippen molar-refractivity contribution in [2.45, 2.75) is 24.3 Å². The van der Waals surface area contributed by atoms with Crippen molar-refractivity contribution in [1.29, 1.82) is 0 Å². The zero-order valence-electron chi connectivity index (χ0n) is 13.6. The molecule has 3 aromatic rings. The van der Waals surface area contributed by atoms with Gasteiger partial charge in [0.25, 0.3) is 11.1 Å². The maximum Gasteiger partial charge on any atom is 0.284 e. The fourth-order valence-electron chi connectivity index (χ4n) is 2.10. The van der Waals surface area contributed by atoms with Crippen LogP contribution in [-0.2, 0) is 4.79 Å². The maximum absolute atomic E-state index is 12.4. The zero-order valence-corrected chi connectivity index (χ0v) is 14.4. The van der Waals surface area contributed by atoms with Gasteiger partial charge in [-0.05, 0) is 38.1 Å². The molecule has 1 N–H and O–H groups in total.